The molecular formula is C13H11F2NO2. The summed E-state index contributed by atoms with van der Waals surface area (Å²) in [5, 5.41) is 0.630. The maximum absolute atomic E-state index is 12.9. The second kappa shape index (κ2) is 5.08. The number of para-hydroxylation sites is 1. The molecule has 94 valence electrons. The average Bonchev–Trinajstić information content (AvgIpc) is 2.37. The molecule has 0 unspecified atom stereocenters. The zero-order chi connectivity index (χ0) is 13.1. The van der Waals surface area contributed by atoms with E-state index in [1.807, 2.05) is 0 Å². The molecule has 0 radical (unpaired) electrons. The van der Waals surface area contributed by atoms with Crippen molar-refractivity contribution in [2.24, 2.45) is 0 Å². The highest BCUT2D eigenvalue weighted by Crippen LogP contribution is 2.25. The molecule has 5 heteroatoms. The summed E-state index contributed by atoms with van der Waals surface area (Å²) in [7, 11) is 0. The van der Waals surface area contributed by atoms with Crippen molar-refractivity contribution in [2.45, 2.75) is 13.3 Å². The lowest BCUT2D eigenvalue weighted by Gasteiger charge is -2.09. The number of hydrogen-bond donors (Lipinski definition) is 0. The Labute approximate surface area is 102 Å². The number of halogens is 2. The molecule has 1 aromatic heterocycles. The fraction of sp³-hybridized carbons (Fsp3) is 0.231. The molecule has 0 aliphatic carbocycles. The van der Waals surface area contributed by atoms with Crippen molar-refractivity contribution in [3.05, 3.63) is 41.6 Å². The Balaban J connectivity index is 2.61. The van der Waals surface area contributed by atoms with Crippen LogP contribution in [0.4, 0.5) is 8.78 Å². The third-order valence-corrected chi connectivity index (χ3v) is 2.46. The van der Waals surface area contributed by atoms with Crippen LogP contribution in [0.2, 0.25) is 0 Å². The maximum atomic E-state index is 12.9. The van der Waals surface area contributed by atoms with Gasteiger partial charge in [0.1, 0.15) is 5.69 Å². The molecule has 0 saturated carbocycles. The maximum Gasteiger partial charge on any atom is 0.340 e. The van der Waals surface area contributed by atoms with E-state index in [9.17, 15) is 13.6 Å². The monoisotopic (exact) mass is 251 g/mol. The molecule has 2 aromatic rings. The summed E-state index contributed by atoms with van der Waals surface area (Å²) in [6.45, 7) is 1.75. The summed E-state index contributed by atoms with van der Waals surface area (Å²) >= 11 is 0. The predicted molar refractivity (Wildman–Crippen MR) is 62.7 cm³/mol. The number of carbonyl (C=O) groups excluding carboxylic acids is 1. The van der Waals surface area contributed by atoms with Crippen LogP contribution in [-0.2, 0) is 4.74 Å². The Bertz CT molecular complexity index is 584. The molecule has 1 heterocycles. The molecule has 3 nitrogen and oxygen atoms in total. The molecular weight excluding hydrogens is 240 g/mol. The number of nitrogens with zero attached hydrogens (tertiary/aromatic N) is 1. The molecule has 18 heavy (non-hydrogen) atoms. The Kier molecular flexibility index (Phi) is 3.50. The highest BCUT2D eigenvalue weighted by molar-refractivity contribution is 5.95. The fourth-order valence-electron chi connectivity index (χ4n) is 1.67. The zero-order valence-electron chi connectivity index (χ0n) is 9.69. The van der Waals surface area contributed by atoms with Gasteiger partial charge in [-0.15, -0.1) is 0 Å². The molecule has 0 spiro atoms. The molecule has 0 fully saturated rings. The number of benzene rings is 1. The number of hydrogen-bond acceptors (Lipinski definition) is 3. The summed E-state index contributed by atoms with van der Waals surface area (Å²) in [6.07, 6.45) is -2.81. The summed E-state index contributed by atoms with van der Waals surface area (Å²) < 4.78 is 30.5. The van der Waals surface area contributed by atoms with Crippen LogP contribution < -0.4 is 0 Å². The molecule has 0 N–H and O–H groups in total. The first kappa shape index (κ1) is 12.4. The van der Waals surface area contributed by atoms with Gasteiger partial charge in [0.2, 0.25) is 0 Å². The SMILES string of the molecule is CCOC(=O)c1cc2ccccc2nc1C(F)F. The Morgan fingerprint density at radius 2 is 2.11 bits per heavy atom. The summed E-state index contributed by atoms with van der Waals surface area (Å²) in [5.41, 5.74) is -0.279. The molecule has 0 aliphatic heterocycles. The lowest BCUT2D eigenvalue weighted by molar-refractivity contribution is 0.0514. The number of fused-ring (bicyclic) bond motifs is 1. The quantitative estimate of drug-likeness (QED) is 0.785. The van der Waals surface area contributed by atoms with E-state index in [-0.39, 0.29) is 12.2 Å². The van der Waals surface area contributed by atoms with Gasteiger partial charge in [0.25, 0.3) is 6.43 Å². The van der Waals surface area contributed by atoms with E-state index in [0.717, 1.165) is 0 Å². The van der Waals surface area contributed by atoms with Gasteiger partial charge in [-0.1, -0.05) is 18.2 Å². The van der Waals surface area contributed by atoms with Crippen molar-refractivity contribution in [3.8, 4) is 0 Å². The second-order valence-electron chi connectivity index (χ2n) is 3.64. The first-order valence-corrected chi connectivity index (χ1v) is 5.48. The molecule has 0 saturated heterocycles. The van der Waals surface area contributed by atoms with Crippen LogP contribution in [0.5, 0.6) is 0 Å². The smallest absolute Gasteiger partial charge is 0.340 e. The van der Waals surface area contributed by atoms with Crippen LogP contribution in [0.3, 0.4) is 0 Å². The van der Waals surface area contributed by atoms with Gasteiger partial charge in [-0.25, -0.2) is 18.6 Å². The summed E-state index contributed by atoms with van der Waals surface area (Å²) in [6, 6.07) is 8.17. The van der Waals surface area contributed by atoms with Crippen molar-refractivity contribution in [1.82, 2.24) is 4.98 Å². The lowest BCUT2D eigenvalue weighted by atomic mass is 10.1. The van der Waals surface area contributed by atoms with E-state index < -0.39 is 18.1 Å². The first-order valence-electron chi connectivity index (χ1n) is 5.48. The lowest BCUT2D eigenvalue weighted by Crippen LogP contribution is -2.10. The van der Waals surface area contributed by atoms with Gasteiger partial charge < -0.3 is 4.74 Å². The summed E-state index contributed by atoms with van der Waals surface area (Å²) in [5.74, 6) is -0.772. The third kappa shape index (κ3) is 2.30. The zero-order valence-corrected chi connectivity index (χ0v) is 9.69. The Hall–Kier alpha value is -2.04. The molecule has 0 atom stereocenters. The van der Waals surface area contributed by atoms with Gasteiger partial charge in [-0.2, -0.15) is 0 Å². The van der Waals surface area contributed by atoms with E-state index in [1.54, 1.807) is 31.2 Å². The van der Waals surface area contributed by atoms with Crippen LogP contribution in [0.15, 0.2) is 30.3 Å². The highest BCUT2D eigenvalue weighted by Gasteiger charge is 2.21. The van der Waals surface area contributed by atoms with E-state index in [1.165, 1.54) is 6.07 Å². The van der Waals surface area contributed by atoms with Gasteiger partial charge in [0.05, 0.1) is 17.7 Å². The number of rotatable bonds is 3. The van der Waals surface area contributed by atoms with E-state index >= 15 is 0 Å². The van der Waals surface area contributed by atoms with Gasteiger partial charge in [0, 0.05) is 5.39 Å². The Morgan fingerprint density at radius 1 is 1.39 bits per heavy atom. The standard InChI is InChI=1S/C13H11F2NO2/c1-2-18-13(17)9-7-8-5-3-4-6-10(8)16-11(9)12(14)15/h3-7,12H,2H2,1H3. The van der Waals surface area contributed by atoms with Crippen LogP contribution in [0, 0.1) is 0 Å². The largest absolute Gasteiger partial charge is 0.462 e. The highest BCUT2D eigenvalue weighted by atomic mass is 19.3. The second-order valence-corrected chi connectivity index (χ2v) is 3.64. The molecule has 0 aliphatic rings. The molecule has 2 rings (SSSR count). The van der Waals surface area contributed by atoms with Gasteiger partial charge in [-0.3, -0.25) is 0 Å². The van der Waals surface area contributed by atoms with E-state index in [0.29, 0.717) is 10.9 Å². The normalized spacial score (nSPS) is 10.9. The van der Waals surface area contributed by atoms with Gasteiger partial charge in [0.15, 0.2) is 0 Å². The van der Waals surface area contributed by atoms with Crippen molar-refractivity contribution in [3.63, 3.8) is 0 Å². The fourth-order valence-corrected chi connectivity index (χ4v) is 1.67. The average molecular weight is 251 g/mol. The van der Waals surface area contributed by atoms with Crippen molar-refractivity contribution < 1.29 is 18.3 Å². The molecule has 1 aromatic carbocycles. The number of carbonyl (C=O) groups is 1. The van der Waals surface area contributed by atoms with Crippen molar-refractivity contribution in [2.75, 3.05) is 6.61 Å². The minimum Gasteiger partial charge on any atom is -0.462 e. The minimum atomic E-state index is -2.81. The molecule has 0 bridgehead atoms. The topological polar surface area (TPSA) is 39.2 Å². The van der Waals surface area contributed by atoms with Gasteiger partial charge >= 0.3 is 5.97 Å². The van der Waals surface area contributed by atoms with E-state index in [2.05, 4.69) is 4.98 Å². The summed E-state index contributed by atoms with van der Waals surface area (Å²) in [4.78, 5) is 15.4. The number of alkyl halides is 2. The Morgan fingerprint density at radius 3 is 2.78 bits per heavy atom. The third-order valence-electron chi connectivity index (χ3n) is 2.46. The number of pyridine rings is 1. The number of esters is 1. The van der Waals surface area contributed by atoms with Crippen LogP contribution in [0.1, 0.15) is 29.4 Å². The number of aromatic nitrogens is 1. The van der Waals surface area contributed by atoms with Crippen molar-refractivity contribution >= 4 is 16.9 Å². The van der Waals surface area contributed by atoms with Crippen LogP contribution in [0.25, 0.3) is 10.9 Å². The predicted octanol–water partition coefficient (Wildman–Crippen LogP) is 3.35. The van der Waals surface area contributed by atoms with Crippen LogP contribution >= 0.6 is 0 Å². The first-order chi connectivity index (χ1) is 8.63. The van der Waals surface area contributed by atoms with E-state index in [4.69, 9.17) is 4.74 Å². The van der Waals surface area contributed by atoms with Gasteiger partial charge in [-0.05, 0) is 19.1 Å². The minimum absolute atomic E-state index is 0.133. The van der Waals surface area contributed by atoms with Crippen LogP contribution in [-0.4, -0.2) is 17.6 Å². The van der Waals surface area contributed by atoms with Crippen molar-refractivity contribution in [1.29, 1.82) is 0 Å². The molecule has 0 amide bonds. The number of ether oxygens (including phenoxy) is 1.